The predicted octanol–water partition coefficient (Wildman–Crippen LogP) is 1.62. The number of nitrogens with one attached hydrogen (secondary N) is 1. The van der Waals surface area contributed by atoms with Gasteiger partial charge in [0.15, 0.2) is 0 Å². The van der Waals surface area contributed by atoms with E-state index >= 15 is 0 Å². The minimum absolute atomic E-state index is 0.150. The lowest BCUT2D eigenvalue weighted by molar-refractivity contribution is 0.0249. The molecule has 1 aliphatic heterocycles. The lowest BCUT2D eigenvalue weighted by atomic mass is 10.1. The van der Waals surface area contributed by atoms with Gasteiger partial charge < -0.3 is 10.1 Å². The number of morpholine rings is 1. The summed E-state index contributed by atoms with van der Waals surface area (Å²) in [6.07, 6.45) is 2.76. The van der Waals surface area contributed by atoms with Crippen LogP contribution in [0, 0.1) is 0 Å². The van der Waals surface area contributed by atoms with Crippen LogP contribution in [0.5, 0.6) is 0 Å². The van der Waals surface area contributed by atoms with E-state index in [1.54, 1.807) is 0 Å². The van der Waals surface area contributed by atoms with Gasteiger partial charge in [-0.2, -0.15) is 0 Å². The minimum Gasteiger partial charge on any atom is -0.369 e. The van der Waals surface area contributed by atoms with Crippen LogP contribution in [0.4, 0.5) is 0 Å². The fourth-order valence-electron chi connectivity index (χ4n) is 2.01. The van der Waals surface area contributed by atoms with Crippen LogP contribution in [-0.4, -0.2) is 24.7 Å². The molecular formula is C12H16N2O. The van der Waals surface area contributed by atoms with Gasteiger partial charge in [-0.25, -0.2) is 0 Å². The third kappa shape index (κ3) is 2.03. The molecule has 2 heterocycles. The molecule has 15 heavy (non-hydrogen) atoms. The topological polar surface area (TPSA) is 34.2 Å². The minimum atomic E-state index is 0.150. The maximum atomic E-state index is 5.69. The number of aromatic nitrogens is 1. The fourth-order valence-corrected chi connectivity index (χ4v) is 2.01. The summed E-state index contributed by atoms with van der Waals surface area (Å²) in [6, 6.07) is 6.31. The molecule has 1 N–H and O–H groups in total. The van der Waals surface area contributed by atoms with Gasteiger partial charge in [-0.05, 0) is 25.0 Å². The van der Waals surface area contributed by atoms with E-state index < -0.39 is 0 Å². The molecule has 1 atom stereocenters. The van der Waals surface area contributed by atoms with Gasteiger partial charge in [0.05, 0.1) is 12.3 Å². The normalized spacial score (nSPS) is 26.5. The standard InChI is InChI=1S/C12H16N2O/c1-2-10(9-4-5-9)14-11(3-1)12-8-13-6-7-15-12/h1-3,9,12-13H,4-8H2/t12-/m0/s1. The molecule has 0 unspecified atom stereocenters. The molecule has 1 aromatic heterocycles. The van der Waals surface area contributed by atoms with Crippen LogP contribution in [0.1, 0.15) is 36.3 Å². The van der Waals surface area contributed by atoms with E-state index in [1.165, 1.54) is 18.5 Å². The van der Waals surface area contributed by atoms with Gasteiger partial charge in [0.2, 0.25) is 0 Å². The average molecular weight is 204 g/mol. The maximum Gasteiger partial charge on any atom is 0.112 e. The lowest BCUT2D eigenvalue weighted by Gasteiger charge is -2.23. The van der Waals surface area contributed by atoms with Crippen LogP contribution in [0.3, 0.4) is 0 Å². The Morgan fingerprint density at radius 1 is 1.27 bits per heavy atom. The molecule has 3 nitrogen and oxygen atoms in total. The van der Waals surface area contributed by atoms with Crippen molar-refractivity contribution < 1.29 is 4.74 Å². The summed E-state index contributed by atoms with van der Waals surface area (Å²) in [5.41, 5.74) is 2.34. The van der Waals surface area contributed by atoms with Crippen LogP contribution >= 0.6 is 0 Å². The zero-order valence-corrected chi connectivity index (χ0v) is 8.78. The number of hydrogen-bond donors (Lipinski definition) is 1. The lowest BCUT2D eigenvalue weighted by Crippen LogP contribution is -2.33. The smallest absolute Gasteiger partial charge is 0.112 e. The molecule has 1 saturated carbocycles. The van der Waals surface area contributed by atoms with Crippen LogP contribution in [-0.2, 0) is 4.74 Å². The Labute approximate surface area is 89.9 Å². The molecule has 1 aromatic rings. The molecule has 1 aliphatic carbocycles. The second-order valence-electron chi connectivity index (χ2n) is 4.33. The highest BCUT2D eigenvalue weighted by molar-refractivity contribution is 5.20. The number of ether oxygens (including phenoxy) is 1. The Kier molecular flexibility index (Phi) is 2.43. The van der Waals surface area contributed by atoms with Crippen molar-refractivity contribution in [1.29, 1.82) is 0 Å². The van der Waals surface area contributed by atoms with Gasteiger partial charge in [0.25, 0.3) is 0 Å². The van der Waals surface area contributed by atoms with Gasteiger partial charge >= 0.3 is 0 Å². The highest BCUT2D eigenvalue weighted by Gasteiger charge is 2.26. The van der Waals surface area contributed by atoms with E-state index in [2.05, 4.69) is 23.5 Å². The molecule has 0 aromatic carbocycles. The number of rotatable bonds is 2. The molecule has 80 valence electrons. The summed E-state index contributed by atoms with van der Waals surface area (Å²) in [5.74, 6) is 0.724. The second kappa shape index (κ2) is 3.91. The highest BCUT2D eigenvalue weighted by Crippen LogP contribution is 2.39. The van der Waals surface area contributed by atoms with Crippen molar-refractivity contribution in [3.8, 4) is 0 Å². The van der Waals surface area contributed by atoms with E-state index in [-0.39, 0.29) is 6.10 Å². The van der Waals surface area contributed by atoms with E-state index in [4.69, 9.17) is 9.72 Å². The van der Waals surface area contributed by atoms with E-state index in [0.717, 1.165) is 31.3 Å². The second-order valence-corrected chi connectivity index (χ2v) is 4.33. The molecule has 3 heteroatoms. The first-order valence-corrected chi connectivity index (χ1v) is 5.72. The zero-order chi connectivity index (χ0) is 10.1. The molecule has 0 bridgehead atoms. The van der Waals surface area contributed by atoms with Crippen molar-refractivity contribution in [1.82, 2.24) is 10.3 Å². The number of nitrogens with zero attached hydrogens (tertiary/aromatic N) is 1. The van der Waals surface area contributed by atoms with E-state index in [1.807, 2.05) is 0 Å². The van der Waals surface area contributed by atoms with Crippen LogP contribution in [0.25, 0.3) is 0 Å². The summed E-state index contributed by atoms with van der Waals surface area (Å²) in [6.45, 7) is 2.64. The van der Waals surface area contributed by atoms with Crippen molar-refractivity contribution >= 4 is 0 Å². The molecule has 0 amide bonds. The van der Waals surface area contributed by atoms with Crippen LogP contribution in [0.2, 0.25) is 0 Å². The number of pyridine rings is 1. The van der Waals surface area contributed by atoms with Gasteiger partial charge in [-0.3, -0.25) is 4.98 Å². The first-order chi connectivity index (χ1) is 7.43. The van der Waals surface area contributed by atoms with Crippen LogP contribution in [0.15, 0.2) is 18.2 Å². The Balaban J connectivity index is 1.80. The van der Waals surface area contributed by atoms with Gasteiger partial charge in [-0.15, -0.1) is 0 Å². The van der Waals surface area contributed by atoms with E-state index in [9.17, 15) is 0 Å². The van der Waals surface area contributed by atoms with Crippen molar-refractivity contribution in [2.75, 3.05) is 19.7 Å². The molecule has 2 aliphatic rings. The monoisotopic (exact) mass is 204 g/mol. The van der Waals surface area contributed by atoms with Crippen molar-refractivity contribution in [3.05, 3.63) is 29.6 Å². The third-order valence-electron chi connectivity index (χ3n) is 3.05. The zero-order valence-electron chi connectivity index (χ0n) is 8.78. The molecule has 3 rings (SSSR count). The summed E-state index contributed by atoms with van der Waals surface area (Å²) in [7, 11) is 0. The maximum absolute atomic E-state index is 5.69. The number of hydrogen-bond acceptors (Lipinski definition) is 3. The summed E-state index contributed by atoms with van der Waals surface area (Å²) < 4.78 is 5.69. The average Bonchev–Trinajstić information content (AvgIpc) is 3.14. The Morgan fingerprint density at radius 3 is 2.87 bits per heavy atom. The Bertz CT molecular complexity index is 343. The predicted molar refractivity (Wildman–Crippen MR) is 57.8 cm³/mol. The first kappa shape index (κ1) is 9.31. The van der Waals surface area contributed by atoms with Gasteiger partial charge in [-0.1, -0.05) is 6.07 Å². The van der Waals surface area contributed by atoms with Crippen molar-refractivity contribution in [3.63, 3.8) is 0 Å². The largest absolute Gasteiger partial charge is 0.369 e. The van der Waals surface area contributed by atoms with Gasteiger partial charge in [0, 0.05) is 24.7 Å². The molecule has 1 saturated heterocycles. The van der Waals surface area contributed by atoms with Crippen LogP contribution < -0.4 is 5.32 Å². The highest BCUT2D eigenvalue weighted by atomic mass is 16.5. The summed E-state index contributed by atoms with van der Waals surface area (Å²) in [5, 5.41) is 3.33. The van der Waals surface area contributed by atoms with Gasteiger partial charge in [0.1, 0.15) is 6.10 Å². The first-order valence-electron chi connectivity index (χ1n) is 5.72. The quantitative estimate of drug-likeness (QED) is 0.795. The Hall–Kier alpha value is -0.930. The summed E-state index contributed by atoms with van der Waals surface area (Å²) >= 11 is 0. The fraction of sp³-hybridized carbons (Fsp3) is 0.583. The molecule has 0 radical (unpaired) electrons. The molecule has 0 spiro atoms. The molecular weight excluding hydrogens is 188 g/mol. The SMILES string of the molecule is c1cc(C2CC2)nc([C@@H]2CNCCO2)c1. The molecule has 2 fully saturated rings. The van der Waals surface area contributed by atoms with Crippen molar-refractivity contribution in [2.24, 2.45) is 0 Å². The van der Waals surface area contributed by atoms with Crippen molar-refractivity contribution in [2.45, 2.75) is 24.9 Å². The van der Waals surface area contributed by atoms with E-state index in [0.29, 0.717) is 0 Å². The summed E-state index contributed by atoms with van der Waals surface area (Å²) in [4.78, 5) is 4.69. The Morgan fingerprint density at radius 2 is 2.13 bits per heavy atom. The third-order valence-corrected chi connectivity index (χ3v) is 3.05.